The van der Waals surface area contributed by atoms with Gasteiger partial charge in [0, 0.05) is 22.0 Å². The van der Waals surface area contributed by atoms with Crippen molar-refractivity contribution in [3.63, 3.8) is 0 Å². The number of furan rings is 1. The van der Waals surface area contributed by atoms with Crippen molar-refractivity contribution < 1.29 is 22.4 Å². The molecule has 0 aliphatic carbocycles. The molecule has 2 aromatic carbocycles. The first-order valence-electron chi connectivity index (χ1n) is 9.00. The molecule has 7 nitrogen and oxygen atoms in total. The number of hydrogen-bond acceptors (Lipinski definition) is 5. The zero-order valence-corrected chi connectivity index (χ0v) is 16.6. The second kappa shape index (κ2) is 8.26. The summed E-state index contributed by atoms with van der Waals surface area (Å²) in [7, 11) is 0. The Morgan fingerprint density at radius 3 is 2.58 bits per heavy atom. The number of amidine groups is 1. The van der Waals surface area contributed by atoms with Crippen LogP contribution in [0.2, 0.25) is 0 Å². The molecule has 0 saturated carbocycles. The maximum Gasteiger partial charge on any atom is 0.446 e. The van der Waals surface area contributed by atoms with Crippen LogP contribution in [0, 0.1) is 5.41 Å². The second-order valence-corrected chi connectivity index (χ2v) is 7.61. The summed E-state index contributed by atoms with van der Waals surface area (Å²) in [6, 6.07) is 13.5. The summed E-state index contributed by atoms with van der Waals surface area (Å²) in [6.45, 7) is 0.360. The smallest absolute Gasteiger partial charge is 0.446 e. The largest absolute Gasteiger partial charge is 0.448 e. The minimum atomic E-state index is -4.40. The molecule has 0 radical (unpaired) electrons. The second-order valence-electron chi connectivity index (χ2n) is 6.48. The van der Waals surface area contributed by atoms with Gasteiger partial charge in [-0.2, -0.15) is 13.2 Å². The highest BCUT2D eigenvalue weighted by molar-refractivity contribution is 8.00. The van der Waals surface area contributed by atoms with E-state index in [9.17, 15) is 18.0 Å². The molecule has 0 atom stereocenters. The minimum absolute atomic E-state index is 0.0204. The fourth-order valence-electron chi connectivity index (χ4n) is 3.02. The summed E-state index contributed by atoms with van der Waals surface area (Å²) in [6.07, 6.45) is 1.51. The van der Waals surface area contributed by atoms with Crippen LogP contribution in [0.1, 0.15) is 5.56 Å². The molecule has 31 heavy (non-hydrogen) atoms. The lowest BCUT2D eigenvalue weighted by Crippen LogP contribution is -2.39. The molecule has 0 fully saturated rings. The first-order valence-corrected chi connectivity index (χ1v) is 9.82. The van der Waals surface area contributed by atoms with Crippen LogP contribution >= 0.6 is 11.8 Å². The van der Waals surface area contributed by atoms with E-state index in [1.165, 1.54) is 30.5 Å². The summed E-state index contributed by atoms with van der Waals surface area (Å²) in [5.74, 6) is 0.839. The summed E-state index contributed by atoms with van der Waals surface area (Å²) >= 11 is -0.247. The van der Waals surface area contributed by atoms with Gasteiger partial charge in [0.1, 0.15) is 5.84 Å². The lowest BCUT2D eigenvalue weighted by Gasteiger charge is -2.29. The van der Waals surface area contributed by atoms with E-state index in [-0.39, 0.29) is 28.2 Å². The standard InChI is InChI=1S/C20H16F3N5O2S/c21-20(22,23)31-15-3-1-2-13(10-15)27-19(29)26-12-4-6-14(7-5-12)28-11-25-18-16(17(28)24)8-9-30-18/h1-10,24-25H,11H2,(H2,26,27,29). The van der Waals surface area contributed by atoms with Gasteiger partial charge >= 0.3 is 11.5 Å². The first-order chi connectivity index (χ1) is 14.8. The van der Waals surface area contributed by atoms with E-state index in [0.29, 0.717) is 23.8 Å². The molecule has 160 valence electrons. The van der Waals surface area contributed by atoms with Crippen molar-refractivity contribution in [3.8, 4) is 0 Å². The molecule has 0 saturated heterocycles. The van der Waals surface area contributed by atoms with E-state index < -0.39 is 11.5 Å². The van der Waals surface area contributed by atoms with Crippen molar-refractivity contribution in [2.75, 3.05) is 27.5 Å². The van der Waals surface area contributed by atoms with Crippen molar-refractivity contribution in [2.45, 2.75) is 10.4 Å². The summed E-state index contributed by atoms with van der Waals surface area (Å²) in [5.41, 5.74) is -2.28. The van der Waals surface area contributed by atoms with Crippen LogP contribution in [-0.4, -0.2) is 24.0 Å². The number of amides is 2. The maximum atomic E-state index is 12.5. The lowest BCUT2D eigenvalue weighted by molar-refractivity contribution is -0.0328. The van der Waals surface area contributed by atoms with Gasteiger partial charge in [0.2, 0.25) is 5.88 Å². The molecule has 1 aliphatic rings. The number of nitrogens with one attached hydrogen (secondary N) is 4. The molecule has 0 unspecified atom stereocenters. The molecular weight excluding hydrogens is 431 g/mol. The van der Waals surface area contributed by atoms with Crippen LogP contribution in [0.3, 0.4) is 0 Å². The van der Waals surface area contributed by atoms with Gasteiger partial charge in [-0.05, 0) is 60.3 Å². The molecule has 11 heteroatoms. The Morgan fingerprint density at radius 1 is 1.10 bits per heavy atom. The van der Waals surface area contributed by atoms with Gasteiger partial charge < -0.3 is 25.3 Å². The Labute approximate surface area is 179 Å². The monoisotopic (exact) mass is 447 g/mol. The zero-order chi connectivity index (χ0) is 22.0. The fourth-order valence-corrected chi connectivity index (χ4v) is 3.62. The van der Waals surface area contributed by atoms with E-state index in [2.05, 4.69) is 16.0 Å². The molecule has 2 amide bonds. The van der Waals surface area contributed by atoms with Crippen LogP contribution in [-0.2, 0) is 0 Å². The molecule has 1 aliphatic heterocycles. The third kappa shape index (κ3) is 4.94. The molecule has 1 aromatic heterocycles. The van der Waals surface area contributed by atoms with Crippen molar-refractivity contribution in [3.05, 3.63) is 66.4 Å². The van der Waals surface area contributed by atoms with Gasteiger partial charge in [-0.1, -0.05) is 6.07 Å². The van der Waals surface area contributed by atoms with E-state index in [1.807, 2.05) is 0 Å². The number of rotatable bonds is 4. The van der Waals surface area contributed by atoms with Gasteiger partial charge in [0.05, 0.1) is 18.5 Å². The fraction of sp³-hybridized carbons (Fsp3) is 0.100. The topological polar surface area (TPSA) is 93.4 Å². The normalized spacial score (nSPS) is 13.4. The Hall–Kier alpha value is -3.60. The Kier molecular flexibility index (Phi) is 5.51. The van der Waals surface area contributed by atoms with Gasteiger partial charge in [-0.3, -0.25) is 5.41 Å². The maximum absolute atomic E-state index is 12.5. The summed E-state index contributed by atoms with van der Waals surface area (Å²) in [5, 5.41) is 16.5. The third-order valence-corrected chi connectivity index (χ3v) is 5.07. The number of anilines is 4. The Bertz CT molecular complexity index is 1110. The first kappa shape index (κ1) is 20.7. The molecule has 3 aromatic rings. The number of carbonyl (C=O) groups excluding carboxylic acids is 1. The van der Waals surface area contributed by atoms with Gasteiger partial charge in [0.15, 0.2) is 0 Å². The number of nitrogens with zero attached hydrogens (tertiary/aromatic N) is 1. The molecular formula is C20H16F3N5O2S. The van der Waals surface area contributed by atoms with Crippen LogP contribution < -0.4 is 20.9 Å². The Balaban J connectivity index is 1.38. The van der Waals surface area contributed by atoms with Crippen molar-refractivity contribution in [2.24, 2.45) is 0 Å². The average molecular weight is 447 g/mol. The molecule has 0 spiro atoms. The highest BCUT2D eigenvalue weighted by Gasteiger charge is 2.29. The number of hydrogen-bond donors (Lipinski definition) is 4. The van der Waals surface area contributed by atoms with Crippen LogP contribution in [0.15, 0.2) is 70.2 Å². The minimum Gasteiger partial charge on any atom is -0.448 e. The lowest BCUT2D eigenvalue weighted by atomic mass is 10.2. The summed E-state index contributed by atoms with van der Waals surface area (Å²) in [4.78, 5) is 13.9. The van der Waals surface area contributed by atoms with Crippen LogP contribution in [0.25, 0.3) is 0 Å². The van der Waals surface area contributed by atoms with E-state index in [0.717, 1.165) is 5.69 Å². The van der Waals surface area contributed by atoms with Gasteiger partial charge in [-0.25, -0.2) is 4.79 Å². The number of fused-ring (bicyclic) bond motifs is 1. The number of halogens is 3. The average Bonchev–Trinajstić information content (AvgIpc) is 3.18. The zero-order valence-electron chi connectivity index (χ0n) is 15.8. The van der Waals surface area contributed by atoms with Crippen molar-refractivity contribution in [1.29, 1.82) is 5.41 Å². The predicted molar refractivity (Wildman–Crippen MR) is 114 cm³/mol. The molecule has 4 rings (SSSR count). The van der Waals surface area contributed by atoms with Crippen LogP contribution in [0.5, 0.6) is 0 Å². The highest BCUT2D eigenvalue weighted by Crippen LogP contribution is 2.37. The van der Waals surface area contributed by atoms with Crippen molar-refractivity contribution >= 4 is 46.6 Å². The predicted octanol–water partition coefficient (Wildman–Crippen LogP) is 5.75. The molecule has 0 bridgehead atoms. The van der Waals surface area contributed by atoms with Gasteiger partial charge in [0.25, 0.3) is 0 Å². The number of urea groups is 1. The number of alkyl halides is 3. The number of benzene rings is 2. The number of thioether (sulfide) groups is 1. The van der Waals surface area contributed by atoms with Crippen LogP contribution in [0.4, 0.5) is 40.9 Å². The quantitative estimate of drug-likeness (QED) is 0.382. The Morgan fingerprint density at radius 2 is 1.84 bits per heavy atom. The third-order valence-electron chi connectivity index (χ3n) is 4.35. The summed E-state index contributed by atoms with van der Waals surface area (Å²) < 4.78 is 42.8. The van der Waals surface area contributed by atoms with Gasteiger partial charge in [-0.15, -0.1) is 0 Å². The number of carbonyl (C=O) groups is 1. The molecule has 4 N–H and O–H groups in total. The van der Waals surface area contributed by atoms with E-state index >= 15 is 0 Å². The highest BCUT2D eigenvalue weighted by atomic mass is 32.2. The van der Waals surface area contributed by atoms with Crippen molar-refractivity contribution in [1.82, 2.24) is 0 Å². The van der Waals surface area contributed by atoms with E-state index in [1.54, 1.807) is 35.2 Å². The SMILES string of the molecule is N=C1c2ccoc2NCN1c1ccc(NC(=O)Nc2cccc(SC(F)(F)F)c2)cc1. The van der Waals surface area contributed by atoms with E-state index in [4.69, 9.17) is 9.83 Å². The molecule has 2 heterocycles.